The fourth-order valence-electron chi connectivity index (χ4n) is 3.23. The van der Waals surface area contributed by atoms with E-state index in [0.29, 0.717) is 26.2 Å². The molecule has 1 aromatic carbocycles. The van der Waals surface area contributed by atoms with E-state index in [0.717, 1.165) is 18.4 Å². The SMILES string of the molecule is O=C1CCCC1C1COCCN1C(=O)OCc1ccccc1. The maximum Gasteiger partial charge on any atom is 0.410 e. The maximum absolute atomic E-state index is 12.4. The second-order valence-electron chi connectivity index (χ2n) is 5.84. The number of Topliss-reactive ketones (excluding diaryl/α,β-unsaturated/α-hetero) is 1. The van der Waals surface area contributed by atoms with Crippen molar-refractivity contribution in [3.05, 3.63) is 35.9 Å². The van der Waals surface area contributed by atoms with Crippen LogP contribution >= 0.6 is 0 Å². The summed E-state index contributed by atoms with van der Waals surface area (Å²) in [6.45, 7) is 1.67. The number of hydrogen-bond acceptors (Lipinski definition) is 4. The molecule has 2 unspecified atom stereocenters. The molecule has 1 saturated heterocycles. The van der Waals surface area contributed by atoms with Crippen LogP contribution in [0.4, 0.5) is 4.79 Å². The van der Waals surface area contributed by atoms with Gasteiger partial charge in [0.25, 0.3) is 0 Å². The maximum atomic E-state index is 12.4. The van der Waals surface area contributed by atoms with Gasteiger partial charge >= 0.3 is 6.09 Å². The lowest BCUT2D eigenvalue weighted by Gasteiger charge is -2.37. The molecule has 0 spiro atoms. The van der Waals surface area contributed by atoms with E-state index in [1.165, 1.54) is 0 Å². The van der Waals surface area contributed by atoms with E-state index in [9.17, 15) is 9.59 Å². The van der Waals surface area contributed by atoms with Gasteiger partial charge in [-0.15, -0.1) is 0 Å². The van der Waals surface area contributed by atoms with E-state index >= 15 is 0 Å². The molecule has 1 aromatic rings. The molecule has 2 atom stereocenters. The van der Waals surface area contributed by atoms with Crippen LogP contribution in [0.5, 0.6) is 0 Å². The summed E-state index contributed by atoms with van der Waals surface area (Å²) in [6, 6.07) is 9.42. The number of carbonyl (C=O) groups is 2. The Morgan fingerprint density at radius 2 is 2.14 bits per heavy atom. The topological polar surface area (TPSA) is 55.8 Å². The van der Waals surface area contributed by atoms with Gasteiger partial charge in [-0.05, 0) is 18.4 Å². The summed E-state index contributed by atoms with van der Waals surface area (Å²) in [5.74, 6) is 0.154. The number of hydrogen-bond donors (Lipinski definition) is 0. The minimum Gasteiger partial charge on any atom is -0.445 e. The fraction of sp³-hybridized carbons (Fsp3) is 0.529. The first-order chi connectivity index (χ1) is 10.8. The van der Waals surface area contributed by atoms with E-state index < -0.39 is 0 Å². The van der Waals surface area contributed by atoms with Crippen LogP contribution < -0.4 is 0 Å². The van der Waals surface area contributed by atoms with Gasteiger partial charge in [0.15, 0.2) is 0 Å². The fourth-order valence-corrected chi connectivity index (χ4v) is 3.23. The Morgan fingerprint density at radius 1 is 1.32 bits per heavy atom. The molecule has 0 radical (unpaired) electrons. The third-order valence-electron chi connectivity index (χ3n) is 4.42. The van der Waals surface area contributed by atoms with Gasteiger partial charge in [0.1, 0.15) is 12.4 Å². The second-order valence-corrected chi connectivity index (χ2v) is 5.84. The molecule has 5 nitrogen and oxygen atoms in total. The zero-order chi connectivity index (χ0) is 15.4. The van der Waals surface area contributed by atoms with E-state index in [1.54, 1.807) is 4.90 Å². The Hall–Kier alpha value is -1.88. The number of ether oxygens (including phenoxy) is 2. The lowest BCUT2D eigenvalue weighted by Crippen LogP contribution is -2.53. The van der Waals surface area contributed by atoms with E-state index in [-0.39, 0.29) is 30.4 Å². The van der Waals surface area contributed by atoms with Gasteiger partial charge in [-0.2, -0.15) is 0 Å². The highest BCUT2D eigenvalue weighted by atomic mass is 16.6. The van der Waals surface area contributed by atoms with E-state index in [1.807, 2.05) is 30.3 Å². The monoisotopic (exact) mass is 303 g/mol. The summed E-state index contributed by atoms with van der Waals surface area (Å²) in [5, 5.41) is 0. The summed E-state index contributed by atoms with van der Waals surface area (Å²) in [5.41, 5.74) is 0.956. The average Bonchev–Trinajstić information content (AvgIpc) is 2.99. The molecule has 2 fully saturated rings. The Balaban J connectivity index is 1.62. The van der Waals surface area contributed by atoms with Gasteiger partial charge in [0.2, 0.25) is 0 Å². The molecule has 1 amide bonds. The summed E-state index contributed by atoms with van der Waals surface area (Å²) < 4.78 is 10.9. The minimum atomic E-state index is -0.350. The molecule has 1 heterocycles. The quantitative estimate of drug-likeness (QED) is 0.860. The molecule has 0 aromatic heterocycles. The molecule has 0 N–H and O–H groups in total. The first-order valence-electron chi connectivity index (χ1n) is 7.83. The molecule has 1 aliphatic heterocycles. The number of carbonyl (C=O) groups excluding carboxylic acids is 2. The average molecular weight is 303 g/mol. The molecule has 1 aliphatic carbocycles. The number of rotatable bonds is 3. The highest BCUT2D eigenvalue weighted by Gasteiger charge is 2.39. The molecular formula is C17H21NO4. The number of nitrogens with zero attached hydrogens (tertiary/aromatic N) is 1. The smallest absolute Gasteiger partial charge is 0.410 e. The number of amides is 1. The molecule has 2 aliphatic rings. The Kier molecular flexibility index (Phi) is 4.73. The van der Waals surface area contributed by atoms with Crippen molar-refractivity contribution >= 4 is 11.9 Å². The first kappa shape index (κ1) is 15.0. The van der Waals surface area contributed by atoms with Crippen molar-refractivity contribution in [2.45, 2.75) is 31.9 Å². The Bertz CT molecular complexity index is 531. The van der Waals surface area contributed by atoms with Crippen LogP contribution in [0, 0.1) is 5.92 Å². The minimum absolute atomic E-state index is 0.0930. The van der Waals surface area contributed by atoms with Crippen LogP contribution in [0.25, 0.3) is 0 Å². The molecule has 3 rings (SSSR count). The van der Waals surface area contributed by atoms with Crippen LogP contribution in [0.2, 0.25) is 0 Å². The lowest BCUT2D eigenvalue weighted by molar-refractivity contribution is -0.124. The second kappa shape index (κ2) is 6.92. The predicted molar refractivity (Wildman–Crippen MR) is 80.3 cm³/mol. The van der Waals surface area contributed by atoms with Crippen molar-refractivity contribution in [1.82, 2.24) is 4.90 Å². The molecule has 5 heteroatoms. The summed E-state index contributed by atoms with van der Waals surface area (Å²) in [7, 11) is 0. The van der Waals surface area contributed by atoms with Crippen LogP contribution in [-0.2, 0) is 20.9 Å². The third-order valence-corrected chi connectivity index (χ3v) is 4.42. The predicted octanol–water partition coefficient (Wildman–Crippen LogP) is 2.39. The summed E-state index contributed by atoms with van der Waals surface area (Å²) in [4.78, 5) is 26.0. The molecule has 22 heavy (non-hydrogen) atoms. The first-order valence-corrected chi connectivity index (χ1v) is 7.83. The highest BCUT2D eigenvalue weighted by Crippen LogP contribution is 2.29. The summed E-state index contributed by atoms with van der Waals surface area (Å²) in [6.07, 6.45) is 2.02. The van der Waals surface area contributed by atoms with Crippen LogP contribution in [0.3, 0.4) is 0 Å². The normalized spacial score (nSPS) is 25.3. The zero-order valence-electron chi connectivity index (χ0n) is 12.6. The van der Waals surface area contributed by atoms with Crippen LogP contribution in [0.1, 0.15) is 24.8 Å². The lowest BCUT2D eigenvalue weighted by atomic mass is 9.96. The van der Waals surface area contributed by atoms with Gasteiger partial charge in [-0.3, -0.25) is 9.69 Å². The van der Waals surface area contributed by atoms with Gasteiger partial charge in [-0.1, -0.05) is 30.3 Å². The molecular weight excluding hydrogens is 282 g/mol. The molecule has 1 saturated carbocycles. The van der Waals surface area contributed by atoms with Gasteiger partial charge < -0.3 is 9.47 Å². The van der Waals surface area contributed by atoms with Crippen LogP contribution in [0.15, 0.2) is 30.3 Å². The van der Waals surface area contributed by atoms with Crippen molar-refractivity contribution in [1.29, 1.82) is 0 Å². The van der Waals surface area contributed by atoms with Crippen LogP contribution in [-0.4, -0.2) is 42.6 Å². The third kappa shape index (κ3) is 3.30. The van der Waals surface area contributed by atoms with Gasteiger partial charge in [0.05, 0.1) is 19.3 Å². The van der Waals surface area contributed by atoms with Gasteiger partial charge in [-0.25, -0.2) is 4.79 Å². The molecule has 118 valence electrons. The summed E-state index contributed by atoms with van der Waals surface area (Å²) >= 11 is 0. The van der Waals surface area contributed by atoms with Crippen molar-refractivity contribution in [3.63, 3.8) is 0 Å². The standard InChI is InChI=1S/C17H21NO4/c19-16-8-4-7-14(16)15-12-21-10-9-18(15)17(20)22-11-13-5-2-1-3-6-13/h1-3,5-6,14-15H,4,7-12H2. The van der Waals surface area contributed by atoms with Gasteiger partial charge in [0, 0.05) is 18.9 Å². The Labute approximate surface area is 130 Å². The Morgan fingerprint density at radius 3 is 2.86 bits per heavy atom. The van der Waals surface area contributed by atoms with Crippen molar-refractivity contribution in [2.75, 3.05) is 19.8 Å². The van der Waals surface area contributed by atoms with E-state index in [4.69, 9.17) is 9.47 Å². The number of morpholine rings is 1. The van der Waals surface area contributed by atoms with Crippen molar-refractivity contribution in [3.8, 4) is 0 Å². The number of ketones is 1. The largest absolute Gasteiger partial charge is 0.445 e. The zero-order valence-corrected chi connectivity index (χ0v) is 12.6. The van der Waals surface area contributed by atoms with E-state index in [2.05, 4.69) is 0 Å². The molecule has 0 bridgehead atoms. The highest BCUT2D eigenvalue weighted by molar-refractivity contribution is 5.84. The van der Waals surface area contributed by atoms with Crippen molar-refractivity contribution in [2.24, 2.45) is 5.92 Å². The number of benzene rings is 1. The van der Waals surface area contributed by atoms with Crippen molar-refractivity contribution < 1.29 is 19.1 Å².